The van der Waals surface area contributed by atoms with Crippen LogP contribution in [0, 0.1) is 18.6 Å². The molecule has 5 heteroatoms. The molecule has 1 unspecified atom stereocenters. The Bertz CT molecular complexity index is 385. The second-order valence-electron chi connectivity index (χ2n) is 4.09. The summed E-state index contributed by atoms with van der Waals surface area (Å²) >= 11 is 0. The molecule has 1 atom stereocenters. The normalized spacial score (nSPS) is 12.7. The maximum atomic E-state index is 13.8. The van der Waals surface area contributed by atoms with Crippen molar-refractivity contribution >= 4 is 0 Å². The van der Waals surface area contributed by atoms with Crippen LogP contribution in [0.5, 0.6) is 0 Å². The molecule has 0 bridgehead atoms. The summed E-state index contributed by atoms with van der Waals surface area (Å²) in [7, 11) is 1.58. The van der Waals surface area contributed by atoms with Crippen molar-refractivity contribution in [3.05, 3.63) is 34.9 Å². The maximum absolute atomic E-state index is 13.8. The van der Waals surface area contributed by atoms with Crippen LogP contribution in [0.15, 0.2) is 12.1 Å². The zero-order valence-electron chi connectivity index (χ0n) is 10.7. The smallest absolute Gasteiger partial charge is 0.133 e. The summed E-state index contributed by atoms with van der Waals surface area (Å²) in [5.74, 6) is -1.18. The van der Waals surface area contributed by atoms with Gasteiger partial charge in [0, 0.05) is 25.3 Å². The van der Waals surface area contributed by atoms with Gasteiger partial charge < -0.3 is 15.2 Å². The van der Waals surface area contributed by atoms with Crippen molar-refractivity contribution < 1.29 is 18.3 Å². The molecule has 0 amide bonds. The van der Waals surface area contributed by atoms with Crippen molar-refractivity contribution in [2.75, 3.05) is 26.9 Å². The topological polar surface area (TPSA) is 44.5 Å². The summed E-state index contributed by atoms with van der Waals surface area (Å²) in [5.41, 5.74) is 6.12. The van der Waals surface area contributed by atoms with E-state index < -0.39 is 17.7 Å². The molecular weight excluding hydrogens is 240 g/mol. The number of halogens is 2. The molecule has 1 rings (SSSR count). The zero-order valence-corrected chi connectivity index (χ0v) is 10.7. The predicted molar refractivity (Wildman–Crippen MR) is 65.3 cm³/mol. The Balaban J connectivity index is 2.56. The van der Waals surface area contributed by atoms with E-state index in [1.54, 1.807) is 14.0 Å². The average Bonchev–Trinajstić information content (AvgIpc) is 2.34. The second kappa shape index (κ2) is 7.41. The van der Waals surface area contributed by atoms with Gasteiger partial charge in [0.05, 0.1) is 13.2 Å². The molecule has 0 radical (unpaired) electrons. The molecular formula is C13H19F2NO2. The summed E-state index contributed by atoms with van der Waals surface area (Å²) in [4.78, 5) is 0. The first-order valence-electron chi connectivity index (χ1n) is 5.84. The highest BCUT2D eigenvalue weighted by molar-refractivity contribution is 5.28. The van der Waals surface area contributed by atoms with Crippen molar-refractivity contribution in [2.45, 2.75) is 19.4 Å². The molecule has 1 aromatic carbocycles. The Kier molecular flexibility index (Phi) is 6.18. The highest BCUT2D eigenvalue weighted by Gasteiger charge is 2.18. The highest BCUT2D eigenvalue weighted by Crippen LogP contribution is 2.23. The lowest BCUT2D eigenvalue weighted by Crippen LogP contribution is -2.17. The van der Waals surface area contributed by atoms with Gasteiger partial charge in [0.1, 0.15) is 11.6 Å². The number of hydrogen-bond donors (Lipinski definition) is 1. The SMILES string of the molecule is COCCOCCC(N)c1c(F)ccc(C)c1F. The molecule has 0 saturated carbocycles. The van der Waals surface area contributed by atoms with Crippen molar-refractivity contribution in [1.29, 1.82) is 0 Å². The van der Waals surface area contributed by atoms with Crippen LogP contribution in [0.3, 0.4) is 0 Å². The fourth-order valence-electron chi connectivity index (χ4n) is 1.62. The van der Waals surface area contributed by atoms with Crippen LogP contribution in [0.1, 0.15) is 23.6 Å². The molecule has 102 valence electrons. The molecule has 0 aliphatic rings. The van der Waals surface area contributed by atoms with Crippen molar-refractivity contribution in [3.8, 4) is 0 Å². The lowest BCUT2D eigenvalue weighted by molar-refractivity contribution is 0.0669. The molecule has 0 spiro atoms. The van der Waals surface area contributed by atoms with Crippen LogP contribution >= 0.6 is 0 Å². The lowest BCUT2D eigenvalue weighted by atomic mass is 10.0. The largest absolute Gasteiger partial charge is 0.382 e. The van der Waals surface area contributed by atoms with Crippen LogP contribution in [-0.2, 0) is 9.47 Å². The molecule has 0 heterocycles. The number of methoxy groups -OCH3 is 1. The fraction of sp³-hybridized carbons (Fsp3) is 0.538. The number of ether oxygens (including phenoxy) is 2. The summed E-state index contributed by atoms with van der Waals surface area (Å²) in [6.45, 7) is 2.86. The van der Waals surface area contributed by atoms with Crippen LogP contribution < -0.4 is 5.73 Å². The van der Waals surface area contributed by atoms with Crippen LogP contribution in [0.2, 0.25) is 0 Å². The number of benzene rings is 1. The molecule has 18 heavy (non-hydrogen) atoms. The van der Waals surface area contributed by atoms with Gasteiger partial charge in [-0.05, 0) is 25.0 Å². The van der Waals surface area contributed by atoms with Crippen molar-refractivity contribution in [2.24, 2.45) is 5.73 Å². The number of rotatable bonds is 7. The number of aryl methyl sites for hydroxylation is 1. The second-order valence-corrected chi connectivity index (χ2v) is 4.09. The van der Waals surface area contributed by atoms with Gasteiger partial charge in [-0.3, -0.25) is 0 Å². The van der Waals surface area contributed by atoms with Crippen LogP contribution in [-0.4, -0.2) is 26.9 Å². The zero-order chi connectivity index (χ0) is 13.5. The third kappa shape index (κ3) is 4.01. The first kappa shape index (κ1) is 15.0. The minimum absolute atomic E-state index is 0.0645. The van der Waals surface area contributed by atoms with Crippen molar-refractivity contribution in [1.82, 2.24) is 0 Å². The predicted octanol–water partition coefficient (Wildman–Crippen LogP) is 2.33. The van der Waals surface area contributed by atoms with Crippen LogP contribution in [0.4, 0.5) is 8.78 Å². The molecule has 0 aliphatic heterocycles. The fourth-order valence-corrected chi connectivity index (χ4v) is 1.62. The third-order valence-electron chi connectivity index (χ3n) is 2.70. The quantitative estimate of drug-likeness (QED) is 0.764. The van der Waals surface area contributed by atoms with Gasteiger partial charge in [-0.25, -0.2) is 8.78 Å². The Morgan fingerprint density at radius 3 is 2.61 bits per heavy atom. The molecule has 0 saturated heterocycles. The van der Waals surface area contributed by atoms with Gasteiger partial charge in [-0.1, -0.05) is 6.07 Å². The monoisotopic (exact) mass is 259 g/mol. The minimum Gasteiger partial charge on any atom is -0.382 e. The van der Waals surface area contributed by atoms with Crippen molar-refractivity contribution in [3.63, 3.8) is 0 Å². The van der Waals surface area contributed by atoms with Gasteiger partial charge >= 0.3 is 0 Å². The first-order chi connectivity index (χ1) is 8.57. The Morgan fingerprint density at radius 1 is 1.22 bits per heavy atom. The Morgan fingerprint density at radius 2 is 1.94 bits per heavy atom. The van der Waals surface area contributed by atoms with Gasteiger partial charge in [0.15, 0.2) is 0 Å². The Labute approximate surface area is 106 Å². The van der Waals surface area contributed by atoms with E-state index in [0.29, 0.717) is 31.8 Å². The van der Waals surface area contributed by atoms with E-state index >= 15 is 0 Å². The standard InChI is InChI=1S/C13H19F2NO2/c1-9-3-4-10(14)12(13(9)15)11(16)5-6-18-8-7-17-2/h3-4,11H,5-8,16H2,1-2H3. The van der Waals surface area contributed by atoms with Gasteiger partial charge in [0.2, 0.25) is 0 Å². The first-order valence-corrected chi connectivity index (χ1v) is 5.84. The van der Waals surface area contributed by atoms with E-state index in [1.165, 1.54) is 12.1 Å². The summed E-state index contributed by atoms with van der Waals surface area (Å²) in [5, 5.41) is 0. The highest BCUT2D eigenvalue weighted by atomic mass is 19.1. The number of nitrogens with two attached hydrogens (primary N) is 1. The molecule has 0 aliphatic carbocycles. The van der Waals surface area contributed by atoms with Gasteiger partial charge in [0.25, 0.3) is 0 Å². The molecule has 2 N–H and O–H groups in total. The minimum atomic E-state index is -0.701. The molecule has 0 aromatic heterocycles. The molecule has 3 nitrogen and oxygen atoms in total. The summed E-state index contributed by atoms with van der Waals surface area (Å²) in [6, 6.07) is 1.93. The van der Waals surface area contributed by atoms with E-state index in [2.05, 4.69) is 0 Å². The van der Waals surface area contributed by atoms with E-state index in [4.69, 9.17) is 15.2 Å². The van der Waals surface area contributed by atoms with E-state index in [0.717, 1.165) is 0 Å². The van der Waals surface area contributed by atoms with Crippen LogP contribution in [0.25, 0.3) is 0 Å². The number of hydrogen-bond acceptors (Lipinski definition) is 3. The molecule has 0 fully saturated rings. The lowest BCUT2D eigenvalue weighted by Gasteiger charge is -2.15. The summed E-state index contributed by atoms with van der Waals surface area (Å²) < 4.78 is 37.3. The van der Waals surface area contributed by atoms with E-state index in [1.807, 2.05) is 0 Å². The third-order valence-corrected chi connectivity index (χ3v) is 2.70. The summed E-state index contributed by atoms with van der Waals surface area (Å²) in [6.07, 6.45) is 0.362. The van der Waals surface area contributed by atoms with Gasteiger partial charge in [-0.2, -0.15) is 0 Å². The maximum Gasteiger partial charge on any atom is 0.133 e. The van der Waals surface area contributed by atoms with E-state index in [-0.39, 0.29) is 5.56 Å². The average molecular weight is 259 g/mol. The molecule has 1 aromatic rings. The van der Waals surface area contributed by atoms with E-state index in [9.17, 15) is 8.78 Å². The van der Waals surface area contributed by atoms with Gasteiger partial charge in [-0.15, -0.1) is 0 Å². The Hall–Kier alpha value is -1.04.